The molecule has 0 atom stereocenters. The molecule has 0 aromatic rings. The van der Waals surface area contributed by atoms with Gasteiger partial charge in [-0.2, -0.15) is 25.3 Å². The van der Waals surface area contributed by atoms with Crippen LogP contribution in [0.1, 0.15) is 6.92 Å². The average Bonchev–Trinajstić information content (AvgIpc) is 2.64. The van der Waals surface area contributed by atoms with Crippen LogP contribution >= 0.6 is 25.3 Å². The van der Waals surface area contributed by atoms with Crippen LogP contribution in [0.2, 0.25) is 0 Å². The number of hydrogen-bond acceptors (Lipinski definition) is 9. The van der Waals surface area contributed by atoms with Gasteiger partial charge in [-0.3, -0.25) is 9.59 Å². The van der Waals surface area contributed by atoms with Crippen molar-refractivity contribution in [3.05, 3.63) is 12.2 Å². The molecule has 1 rings (SSSR count). The molecular weight excluding hydrogens is 390 g/mol. The minimum atomic E-state index is -0.935. The predicted molar refractivity (Wildman–Crippen MR) is 103 cm³/mol. The summed E-state index contributed by atoms with van der Waals surface area (Å²) >= 11 is 6.83. The van der Waals surface area contributed by atoms with E-state index >= 15 is 0 Å². The number of carboxylic acids is 3. The van der Waals surface area contributed by atoms with Crippen molar-refractivity contribution in [3.63, 3.8) is 0 Å². The molecule has 0 spiro atoms. The van der Waals surface area contributed by atoms with Crippen molar-refractivity contribution in [2.75, 3.05) is 51.0 Å². The fourth-order valence-electron chi connectivity index (χ4n) is 0.516. The average molecular weight is 420 g/mol. The van der Waals surface area contributed by atoms with E-state index in [1.165, 1.54) is 6.92 Å². The molecule has 0 saturated carbocycles. The van der Waals surface area contributed by atoms with Gasteiger partial charge < -0.3 is 35.6 Å². The van der Waals surface area contributed by atoms with Crippen molar-refractivity contribution in [3.8, 4) is 0 Å². The molecule has 0 aromatic heterocycles. The molecule has 0 unspecified atom stereocenters. The number of ether oxygens (including phenoxy) is 1. The van der Waals surface area contributed by atoms with Gasteiger partial charge in [0.25, 0.3) is 0 Å². The van der Waals surface area contributed by atoms with Crippen LogP contribution < -0.4 is 5.32 Å². The summed E-state index contributed by atoms with van der Waals surface area (Å²) < 4.78 is 5.01. The van der Waals surface area contributed by atoms with Gasteiger partial charge in [0.05, 0.1) is 37.9 Å². The van der Waals surface area contributed by atoms with Crippen LogP contribution in [-0.2, 0) is 19.1 Å². The summed E-state index contributed by atoms with van der Waals surface area (Å²) in [6.45, 7) is 8.19. The second-order valence-corrected chi connectivity index (χ2v) is 4.63. The van der Waals surface area contributed by atoms with Crippen LogP contribution in [0.5, 0.6) is 0 Å². The van der Waals surface area contributed by atoms with Gasteiger partial charge in [-0.05, 0) is 6.92 Å². The van der Waals surface area contributed by atoms with E-state index < -0.39 is 17.9 Å². The van der Waals surface area contributed by atoms with E-state index in [0.717, 1.165) is 26.3 Å². The van der Waals surface area contributed by atoms with E-state index in [1.54, 1.807) is 0 Å². The van der Waals surface area contributed by atoms with E-state index in [9.17, 15) is 14.4 Å². The first-order valence-corrected chi connectivity index (χ1v) is 8.41. The van der Waals surface area contributed by atoms with Gasteiger partial charge in [-0.15, -0.1) is 0 Å². The normalized spacial score (nSPS) is 11.3. The van der Waals surface area contributed by atoms with Crippen molar-refractivity contribution in [2.45, 2.75) is 6.92 Å². The molecule has 0 radical (unpaired) electrons. The Morgan fingerprint density at radius 3 is 1.27 bits per heavy atom. The van der Waals surface area contributed by atoms with Crippen molar-refractivity contribution in [2.24, 2.45) is 0 Å². The zero-order valence-electron chi connectivity index (χ0n) is 14.6. The summed E-state index contributed by atoms with van der Waals surface area (Å²) in [6.07, 6.45) is 0. The minimum Gasteiger partial charge on any atom is -0.481 e. The summed E-state index contributed by atoms with van der Waals surface area (Å²) in [5.41, 5.74) is 0.176. The largest absolute Gasteiger partial charge is 0.481 e. The predicted octanol–water partition coefficient (Wildman–Crippen LogP) is -0.774. The molecule has 1 aliphatic rings. The molecule has 0 aromatic carbocycles. The number of hydrogen-bond donors (Lipinski definition) is 8. The summed E-state index contributed by atoms with van der Waals surface area (Å²) in [7, 11) is 0. The first-order valence-electron chi connectivity index (χ1n) is 7.14. The lowest BCUT2D eigenvalue weighted by Crippen LogP contribution is -2.30. The smallest absolute Gasteiger partial charge is 0.330 e. The summed E-state index contributed by atoms with van der Waals surface area (Å²) in [4.78, 5) is 28.2. The third-order valence-electron chi connectivity index (χ3n) is 1.58. The van der Waals surface area contributed by atoms with Crippen LogP contribution in [0.15, 0.2) is 12.2 Å². The Kier molecular flexibility index (Phi) is 35.5. The first kappa shape index (κ1) is 32.4. The highest BCUT2D eigenvalue weighted by Gasteiger charge is 1.93. The van der Waals surface area contributed by atoms with Gasteiger partial charge in [0.1, 0.15) is 0 Å². The molecule has 6 N–H and O–H groups in total. The van der Waals surface area contributed by atoms with E-state index in [-0.39, 0.29) is 30.3 Å². The van der Waals surface area contributed by atoms with E-state index in [2.05, 4.69) is 37.2 Å². The molecule has 26 heavy (non-hydrogen) atoms. The number of carboxylic acid groups (broad SMARTS) is 3. The second kappa shape index (κ2) is 28.5. The van der Waals surface area contributed by atoms with Crippen molar-refractivity contribution >= 4 is 43.2 Å². The van der Waals surface area contributed by atoms with E-state index in [0.29, 0.717) is 0 Å². The summed E-state index contributed by atoms with van der Waals surface area (Å²) in [6, 6.07) is 0. The molecule has 12 heteroatoms. The Hall–Kier alpha value is -1.31. The molecule has 1 aliphatic heterocycles. The molecule has 1 fully saturated rings. The second-order valence-electron chi connectivity index (χ2n) is 4.00. The number of aliphatic hydroxyl groups is 2. The highest BCUT2D eigenvalue weighted by Crippen LogP contribution is 1.81. The van der Waals surface area contributed by atoms with E-state index in [1.807, 2.05) is 0 Å². The Labute approximate surface area is 163 Å². The SMILES string of the molecule is C1COCCN1.C=C(C)C(=O)O.O=C(O)CS.O=C(O)CS.OCCO. The Balaban J connectivity index is -0.000000117. The number of carbonyl (C=O) groups is 3. The Bertz CT molecular complexity index is 325. The molecule has 1 heterocycles. The van der Waals surface area contributed by atoms with Gasteiger partial charge in [-0.25, -0.2) is 4.79 Å². The van der Waals surface area contributed by atoms with Crippen LogP contribution in [-0.4, -0.2) is 94.5 Å². The minimum absolute atomic E-state index is 0.0833. The lowest BCUT2D eigenvalue weighted by atomic mass is 10.4. The van der Waals surface area contributed by atoms with Crippen LogP contribution in [0.3, 0.4) is 0 Å². The monoisotopic (exact) mass is 419 g/mol. The number of thiol groups is 2. The quantitative estimate of drug-likeness (QED) is 0.213. The van der Waals surface area contributed by atoms with Gasteiger partial charge >= 0.3 is 17.9 Å². The number of rotatable bonds is 4. The Morgan fingerprint density at radius 2 is 1.23 bits per heavy atom. The first-order chi connectivity index (χ1) is 12.1. The molecule has 156 valence electrons. The summed E-state index contributed by atoms with van der Waals surface area (Å²) in [5.74, 6) is -2.86. The maximum atomic E-state index is 9.60. The highest BCUT2D eigenvalue weighted by atomic mass is 32.1. The fraction of sp³-hybridized carbons (Fsp3) is 0.643. The molecular formula is C14H29NO9S2. The number of aliphatic hydroxyl groups excluding tert-OH is 2. The standard InChI is InChI=1S/C4H9NO.C4H6O2.2C2H4O2S.C2H6O2/c1-3-6-4-2-5-1;1-3(2)4(5)6;2*3-2(4)1-5;3-1-2-4/h5H,1-4H2;1H2,2H3,(H,5,6);2*5H,1H2,(H,3,4);3-4H,1-2H2. The van der Waals surface area contributed by atoms with Gasteiger partial charge in [-0.1, -0.05) is 6.58 Å². The van der Waals surface area contributed by atoms with Gasteiger partial charge in [0, 0.05) is 18.7 Å². The van der Waals surface area contributed by atoms with Gasteiger partial charge in [0.2, 0.25) is 0 Å². The van der Waals surface area contributed by atoms with Crippen LogP contribution in [0.4, 0.5) is 0 Å². The zero-order valence-corrected chi connectivity index (χ0v) is 16.4. The van der Waals surface area contributed by atoms with Crippen LogP contribution in [0.25, 0.3) is 0 Å². The number of morpholine rings is 1. The zero-order chi connectivity index (χ0) is 21.4. The third-order valence-corrected chi connectivity index (χ3v) is 2.12. The molecule has 10 nitrogen and oxygen atoms in total. The molecule has 1 saturated heterocycles. The molecule has 0 bridgehead atoms. The maximum Gasteiger partial charge on any atom is 0.330 e. The third kappa shape index (κ3) is 57.0. The fourth-order valence-corrected chi connectivity index (χ4v) is 0.516. The Morgan fingerprint density at radius 1 is 0.962 bits per heavy atom. The number of aliphatic carboxylic acids is 3. The number of nitrogens with one attached hydrogen (secondary N) is 1. The lowest BCUT2D eigenvalue weighted by molar-refractivity contribution is -0.134. The van der Waals surface area contributed by atoms with Crippen molar-refractivity contribution in [1.82, 2.24) is 5.32 Å². The topological polar surface area (TPSA) is 174 Å². The lowest BCUT2D eigenvalue weighted by Gasteiger charge is -2.10. The van der Waals surface area contributed by atoms with Crippen LogP contribution in [0, 0.1) is 0 Å². The molecule has 0 aliphatic carbocycles. The van der Waals surface area contributed by atoms with E-state index in [4.69, 9.17) is 30.3 Å². The highest BCUT2D eigenvalue weighted by molar-refractivity contribution is 7.81. The van der Waals surface area contributed by atoms with Gasteiger partial charge in [0.15, 0.2) is 0 Å². The van der Waals surface area contributed by atoms with Crippen molar-refractivity contribution < 1.29 is 44.7 Å². The molecule has 0 amide bonds. The maximum absolute atomic E-state index is 9.60. The van der Waals surface area contributed by atoms with Crippen molar-refractivity contribution in [1.29, 1.82) is 0 Å². The summed E-state index contributed by atoms with van der Waals surface area (Å²) in [5, 5.41) is 41.6.